The van der Waals surface area contributed by atoms with E-state index in [4.69, 9.17) is 18.9 Å². The van der Waals surface area contributed by atoms with Crippen LogP contribution >= 0.6 is 0 Å². The molecular formula is C55H82N4O12. The first-order valence-electron chi connectivity index (χ1n) is 25.3. The van der Waals surface area contributed by atoms with E-state index in [1.54, 1.807) is 30.3 Å². The highest BCUT2D eigenvalue weighted by Crippen LogP contribution is 2.24. The maximum Gasteiger partial charge on any atom is 0.329 e. The number of carbonyl (C=O) groups is 8. The summed E-state index contributed by atoms with van der Waals surface area (Å²) in [6.07, 6.45) is -4.28. The van der Waals surface area contributed by atoms with Crippen molar-refractivity contribution in [2.75, 3.05) is 28.2 Å². The van der Waals surface area contributed by atoms with E-state index in [9.17, 15) is 38.4 Å². The number of esters is 4. The molecule has 0 aromatic heterocycles. The maximum absolute atomic E-state index is 14.8. The molecule has 2 aromatic rings. The summed E-state index contributed by atoms with van der Waals surface area (Å²) in [5.41, 5.74) is 2.37. The lowest BCUT2D eigenvalue weighted by molar-refractivity contribution is -0.176. The third-order valence-electron chi connectivity index (χ3n) is 12.9. The molecule has 0 saturated carbocycles. The molecule has 2 aromatic carbocycles. The van der Waals surface area contributed by atoms with E-state index in [0.29, 0.717) is 17.5 Å². The number of hydrogen-bond acceptors (Lipinski definition) is 12. The minimum absolute atomic E-state index is 0.0758. The summed E-state index contributed by atoms with van der Waals surface area (Å²) in [5.74, 6) is -6.84. The zero-order valence-electron chi connectivity index (χ0n) is 45.0. The van der Waals surface area contributed by atoms with Gasteiger partial charge in [-0.1, -0.05) is 117 Å². The minimum Gasteiger partial charge on any atom is -0.451 e. The number of ether oxygens (including phenoxy) is 4. The fourth-order valence-corrected chi connectivity index (χ4v) is 8.54. The Labute approximate surface area is 422 Å². The van der Waals surface area contributed by atoms with Crippen LogP contribution < -0.4 is 0 Å². The smallest absolute Gasteiger partial charge is 0.329 e. The van der Waals surface area contributed by atoms with Crippen molar-refractivity contribution in [3.05, 3.63) is 71.3 Å². The van der Waals surface area contributed by atoms with Crippen LogP contribution in [0.3, 0.4) is 0 Å². The summed E-state index contributed by atoms with van der Waals surface area (Å²) in [7, 11) is 5.61. The highest BCUT2D eigenvalue weighted by Gasteiger charge is 2.42. The zero-order valence-corrected chi connectivity index (χ0v) is 45.0. The predicted octanol–water partition coefficient (Wildman–Crippen LogP) is 6.62. The average molecular weight is 991 g/mol. The van der Waals surface area contributed by atoms with E-state index in [-0.39, 0.29) is 62.2 Å². The highest BCUT2D eigenvalue weighted by atomic mass is 16.6. The Balaban J connectivity index is 2.27. The summed E-state index contributed by atoms with van der Waals surface area (Å²) in [6.45, 7) is 19.8. The monoisotopic (exact) mass is 991 g/mol. The highest BCUT2D eigenvalue weighted by molar-refractivity contribution is 5.94. The van der Waals surface area contributed by atoms with Crippen molar-refractivity contribution in [1.82, 2.24) is 19.6 Å². The number of hydrogen-bond donors (Lipinski definition) is 0. The molecule has 1 saturated heterocycles. The number of rotatable bonds is 14. The number of amides is 4. The average Bonchev–Trinajstić information content (AvgIpc) is 3.31. The number of nitrogens with zero attached hydrogens (tertiary/aromatic N) is 4. The van der Waals surface area contributed by atoms with Crippen molar-refractivity contribution in [3.63, 3.8) is 0 Å². The van der Waals surface area contributed by atoms with Crippen LogP contribution in [-0.4, -0.2) is 144 Å². The summed E-state index contributed by atoms with van der Waals surface area (Å²) >= 11 is 0. The maximum atomic E-state index is 14.8. The Morgan fingerprint density at radius 2 is 0.746 bits per heavy atom. The molecular weight excluding hydrogens is 909 g/mol. The summed E-state index contributed by atoms with van der Waals surface area (Å²) < 4.78 is 23.9. The van der Waals surface area contributed by atoms with Gasteiger partial charge in [0, 0.05) is 41.0 Å². The second kappa shape index (κ2) is 27.7. The number of carbonyl (C=O) groups excluding carboxylic acids is 8. The van der Waals surface area contributed by atoms with Gasteiger partial charge in [0.2, 0.25) is 0 Å². The number of cyclic esters (lactones) is 4. The number of benzene rings is 2. The zero-order chi connectivity index (χ0) is 53.4. The third-order valence-corrected chi connectivity index (χ3v) is 12.9. The molecule has 0 spiro atoms. The molecule has 0 unspecified atom stereocenters. The van der Waals surface area contributed by atoms with Gasteiger partial charge in [0.1, 0.15) is 24.2 Å². The molecule has 8 atom stereocenters. The van der Waals surface area contributed by atoms with Crippen molar-refractivity contribution in [2.45, 2.75) is 176 Å². The molecule has 0 bridgehead atoms. The molecule has 4 amide bonds. The molecule has 0 aliphatic carbocycles. The van der Waals surface area contributed by atoms with Gasteiger partial charge in [0.05, 0.1) is 0 Å². The summed E-state index contributed by atoms with van der Waals surface area (Å²) in [4.78, 5) is 120. The normalized spacial score (nSPS) is 24.7. The van der Waals surface area contributed by atoms with Crippen molar-refractivity contribution in [3.8, 4) is 0 Å². The molecule has 1 fully saturated rings. The van der Waals surface area contributed by atoms with Gasteiger partial charge in [-0.05, 0) is 92.7 Å². The lowest BCUT2D eigenvalue weighted by atomic mass is 9.99. The SMILES string of the molecule is CCc1ccc(C[C@H]2OC(=O)[C@H](CCC(C)C)N(C)C(=O)[C@@H](C)OC(=O)[C@H](CC(C)C)N(C)C(=O)[C@@H](Cc3ccccc3)OC(=O)[C@H](CC(C)C)N(C)C(=O)[C@@H](C)OC(=O)[C@H](CC(C)C)N(C)C2=O)cc1. The topological polar surface area (TPSA) is 186 Å². The van der Waals surface area contributed by atoms with Gasteiger partial charge < -0.3 is 38.5 Å². The lowest BCUT2D eigenvalue weighted by Crippen LogP contribution is -2.54. The van der Waals surface area contributed by atoms with Crippen LogP contribution in [-0.2, 0) is 76.6 Å². The minimum atomic E-state index is -1.48. The van der Waals surface area contributed by atoms with Crippen molar-refractivity contribution < 1.29 is 57.3 Å². The molecule has 0 N–H and O–H groups in total. The van der Waals surface area contributed by atoms with Gasteiger partial charge in [-0.15, -0.1) is 0 Å². The molecule has 1 aliphatic heterocycles. The largest absolute Gasteiger partial charge is 0.451 e. The van der Waals surface area contributed by atoms with E-state index in [1.807, 2.05) is 86.6 Å². The first kappa shape index (κ1) is 59.5. The Bertz CT molecular complexity index is 2110. The van der Waals surface area contributed by atoms with Crippen molar-refractivity contribution in [2.24, 2.45) is 23.7 Å². The van der Waals surface area contributed by atoms with Crippen LogP contribution in [0.2, 0.25) is 0 Å². The second-order valence-corrected chi connectivity index (χ2v) is 20.8. The predicted molar refractivity (Wildman–Crippen MR) is 269 cm³/mol. The van der Waals surface area contributed by atoms with Crippen molar-refractivity contribution >= 4 is 47.5 Å². The number of aryl methyl sites for hydroxylation is 1. The van der Waals surface area contributed by atoms with Crippen LogP contribution in [0.4, 0.5) is 0 Å². The van der Waals surface area contributed by atoms with E-state index < -0.39 is 96.1 Å². The fraction of sp³-hybridized carbons (Fsp3) is 0.636. The van der Waals surface area contributed by atoms with Gasteiger partial charge >= 0.3 is 23.9 Å². The van der Waals surface area contributed by atoms with Crippen LogP contribution in [0.25, 0.3) is 0 Å². The quantitative estimate of drug-likeness (QED) is 0.146. The molecule has 1 aliphatic rings. The molecule has 1 heterocycles. The van der Waals surface area contributed by atoms with Crippen LogP contribution in [0, 0.1) is 23.7 Å². The van der Waals surface area contributed by atoms with Gasteiger partial charge in [-0.2, -0.15) is 0 Å². The molecule has 394 valence electrons. The van der Waals surface area contributed by atoms with E-state index in [0.717, 1.165) is 26.7 Å². The Morgan fingerprint density at radius 1 is 0.423 bits per heavy atom. The molecule has 3 rings (SSSR count). The van der Waals surface area contributed by atoms with Crippen LogP contribution in [0.5, 0.6) is 0 Å². The lowest BCUT2D eigenvalue weighted by Gasteiger charge is -2.35. The summed E-state index contributed by atoms with van der Waals surface area (Å²) in [5, 5.41) is 0. The van der Waals surface area contributed by atoms with Gasteiger partial charge in [-0.3, -0.25) is 19.2 Å². The Hall–Kier alpha value is -5.80. The number of likely N-dealkylation sites (N-methyl/N-ethyl adjacent to an activating group) is 4. The summed E-state index contributed by atoms with van der Waals surface area (Å²) in [6, 6.07) is 11.4. The second-order valence-electron chi connectivity index (χ2n) is 20.8. The van der Waals surface area contributed by atoms with E-state index in [2.05, 4.69) is 0 Å². The third kappa shape index (κ3) is 17.5. The molecule has 16 nitrogen and oxygen atoms in total. The van der Waals surface area contributed by atoms with Crippen LogP contribution in [0.1, 0.15) is 125 Å². The first-order valence-corrected chi connectivity index (χ1v) is 25.3. The Kier molecular flexibility index (Phi) is 23.2. The van der Waals surface area contributed by atoms with Gasteiger partial charge in [0.15, 0.2) is 24.4 Å². The fourth-order valence-electron chi connectivity index (χ4n) is 8.54. The Morgan fingerprint density at radius 3 is 1.11 bits per heavy atom. The molecule has 71 heavy (non-hydrogen) atoms. The molecule has 0 radical (unpaired) electrons. The molecule has 16 heteroatoms. The van der Waals surface area contributed by atoms with Gasteiger partial charge in [0.25, 0.3) is 23.6 Å². The van der Waals surface area contributed by atoms with Gasteiger partial charge in [-0.25, -0.2) is 19.2 Å². The van der Waals surface area contributed by atoms with Crippen LogP contribution in [0.15, 0.2) is 54.6 Å². The van der Waals surface area contributed by atoms with E-state index in [1.165, 1.54) is 46.9 Å². The first-order chi connectivity index (χ1) is 33.3. The van der Waals surface area contributed by atoms with Crippen molar-refractivity contribution in [1.29, 1.82) is 0 Å². The standard InChI is InChI=1S/C55H82N4O12/c1-16-39-23-25-41(26-24-39)32-47-51(63)59(15)44(29-35(6)7)54(66)69-38(11)49(61)57(13)45(30-36(8)9)55(67)71-46(31-40-20-18-17-19-21-40)50(62)58(14)43(28-34(4)5)53(65)68-37(10)48(60)56(12)42(52(64)70-47)27-22-33(2)3/h17-21,23-26,33-38,42-47H,16,22,27-32H2,1-15H3/t37-,38-,42+,43+,44+,45+,46-,47-/m1/s1. The van der Waals surface area contributed by atoms with E-state index >= 15 is 0 Å².